The Labute approximate surface area is 121 Å². The molecule has 1 aliphatic carbocycles. The summed E-state index contributed by atoms with van der Waals surface area (Å²) >= 11 is 1.49. The number of thioether (sulfide) groups is 1. The van der Waals surface area contributed by atoms with Crippen molar-refractivity contribution in [1.29, 1.82) is 5.26 Å². The molecule has 5 nitrogen and oxygen atoms in total. The molecular weight excluding hydrogens is 274 g/mol. The molecule has 106 valence electrons. The van der Waals surface area contributed by atoms with Gasteiger partial charge in [0.2, 0.25) is 5.88 Å². The van der Waals surface area contributed by atoms with Gasteiger partial charge < -0.3 is 5.11 Å². The van der Waals surface area contributed by atoms with E-state index in [-0.39, 0.29) is 17.0 Å². The van der Waals surface area contributed by atoms with Crippen LogP contribution in [0.1, 0.15) is 44.1 Å². The molecular formula is C14H17N3O2S. The molecule has 2 aliphatic rings. The van der Waals surface area contributed by atoms with Crippen molar-refractivity contribution in [2.75, 3.05) is 5.75 Å². The van der Waals surface area contributed by atoms with Gasteiger partial charge in [0, 0.05) is 12.3 Å². The van der Waals surface area contributed by atoms with Gasteiger partial charge in [-0.05, 0) is 19.3 Å². The fourth-order valence-electron chi connectivity index (χ4n) is 3.21. The van der Waals surface area contributed by atoms with Crippen LogP contribution in [0.2, 0.25) is 0 Å². The van der Waals surface area contributed by atoms with E-state index in [9.17, 15) is 15.2 Å². The lowest BCUT2D eigenvalue weighted by Gasteiger charge is -2.31. The van der Waals surface area contributed by atoms with Crippen molar-refractivity contribution in [3.63, 3.8) is 0 Å². The molecule has 20 heavy (non-hydrogen) atoms. The number of hydrogen-bond acceptors (Lipinski definition) is 5. The van der Waals surface area contributed by atoms with E-state index in [0.29, 0.717) is 24.5 Å². The van der Waals surface area contributed by atoms with E-state index >= 15 is 0 Å². The molecule has 1 saturated carbocycles. The molecule has 1 aromatic heterocycles. The number of nitrogens with zero attached hydrogens (tertiary/aromatic N) is 3. The second-order valence-electron chi connectivity index (χ2n) is 5.51. The summed E-state index contributed by atoms with van der Waals surface area (Å²) < 4.78 is 1.62. The monoisotopic (exact) mass is 291 g/mol. The number of aromatic hydroxyl groups is 1. The second kappa shape index (κ2) is 5.13. The number of nitriles is 1. The normalized spacial score (nSPS) is 20.9. The van der Waals surface area contributed by atoms with Gasteiger partial charge in [-0.15, -0.1) is 0 Å². The van der Waals surface area contributed by atoms with Crippen molar-refractivity contribution in [3.8, 4) is 11.9 Å². The smallest absolute Gasteiger partial charge is 0.262 e. The van der Waals surface area contributed by atoms with Gasteiger partial charge in [-0.1, -0.05) is 31.0 Å². The zero-order chi connectivity index (χ0) is 14.2. The third kappa shape index (κ3) is 2.01. The van der Waals surface area contributed by atoms with Crippen LogP contribution < -0.4 is 5.56 Å². The fourth-order valence-corrected chi connectivity index (χ4v) is 4.15. The van der Waals surface area contributed by atoms with Gasteiger partial charge in [0.1, 0.15) is 0 Å². The van der Waals surface area contributed by atoms with Crippen LogP contribution in [0.3, 0.4) is 0 Å². The van der Waals surface area contributed by atoms with Crippen molar-refractivity contribution in [1.82, 2.24) is 9.55 Å². The van der Waals surface area contributed by atoms with E-state index in [1.165, 1.54) is 11.8 Å². The lowest BCUT2D eigenvalue weighted by molar-refractivity contribution is 0.332. The second-order valence-corrected chi connectivity index (χ2v) is 6.57. The highest BCUT2D eigenvalue weighted by Crippen LogP contribution is 2.41. The first-order chi connectivity index (χ1) is 9.68. The average Bonchev–Trinajstić information content (AvgIpc) is 2.48. The fraction of sp³-hybridized carbons (Fsp3) is 0.643. The number of rotatable bonds is 1. The molecule has 1 N–H and O–H groups in total. The van der Waals surface area contributed by atoms with Crippen LogP contribution in [0.5, 0.6) is 5.88 Å². The summed E-state index contributed by atoms with van der Waals surface area (Å²) in [6, 6.07) is 2.30. The van der Waals surface area contributed by atoms with Crippen LogP contribution in [-0.2, 0) is 12.0 Å². The van der Waals surface area contributed by atoms with E-state index < -0.39 is 5.41 Å². The Morgan fingerprint density at radius 3 is 2.75 bits per heavy atom. The Morgan fingerprint density at radius 2 is 2.05 bits per heavy atom. The van der Waals surface area contributed by atoms with Gasteiger partial charge in [-0.3, -0.25) is 9.36 Å². The Bertz CT molecular complexity index is 627. The Kier molecular flexibility index (Phi) is 3.47. The molecule has 1 aliphatic heterocycles. The first-order valence-corrected chi connectivity index (χ1v) is 8.05. The largest absolute Gasteiger partial charge is 0.493 e. The van der Waals surface area contributed by atoms with Crippen molar-refractivity contribution in [3.05, 3.63) is 15.9 Å². The van der Waals surface area contributed by atoms with E-state index in [1.54, 1.807) is 4.57 Å². The average molecular weight is 291 g/mol. The van der Waals surface area contributed by atoms with Crippen molar-refractivity contribution in [2.24, 2.45) is 0 Å². The van der Waals surface area contributed by atoms with Crippen LogP contribution in [0, 0.1) is 11.3 Å². The minimum Gasteiger partial charge on any atom is -0.493 e. The molecule has 0 spiro atoms. The highest BCUT2D eigenvalue weighted by molar-refractivity contribution is 7.99. The first-order valence-electron chi connectivity index (χ1n) is 7.06. The molecule has 3 rings (SSSR count). The van der Waals surface area contributed by atoms with Crippen LogP contribution in [-0.4, -0.2) is 20.4 Å². The van der Waals surface area contributed by atoms with Crippen LogP contribution in [0.15, 0.2) is 9.95 Å². The Balaban J connectivity index is 2.18. The first kappa shape index (κ1) is 13.5. The summed E-state index contributed by atoms with van der Waals surface area (Å²) in [6.07, 6.45) is 5.12. The third-order valence-electron chi connectivity index (χ3n) is 4.27. The number of fused-ring (bicyclic) bond motifs is 1. The molecule has 0 bridgehead atoms. The maximum Gasteiger partial charge on any atom is 0.262 e. The molecule has 1 fully saturated rings. The maximum atomic E-state index is 12.7. The predicted octanol–water partition coefficient (Wildman–Crippen LogP) is 2.17. The lowest BCUT2D eigenvalue weighted by atomic mass is 9.71. The maximum absolute atomic E-state index is 12.7. The minimum absolute atomic E-state index is 0.219. The summed E-state index contributed by atoms with van der Waals surface area (Å²) in [5, 5.41) is 20.4. The molecule has 0 unspecified atom stereocenters. The van der Waals surface area contributed by atoms with E-state index in [4.69, 9.17) is 0 Å². The molecule has 0 aromatic carbocycles. The molecule has 0 saturated heterocycles. The van der Waals surface area contributed by atoms with E-state index in [2.05, 4.69) is 11.1 Å². The lowest BCUT2D eigenvalue weighted by Crippen LogP contribution is -2.38. The number of hydrogen-bond donors (Lipinski definition) is 1. The molecule has 0 atom stereocenters. The van der Waals surface area contributed by atoms with Gasteiger partial charge in [0.15, 0.2) is 5.16 Å². The Morgan fingerprint density at radius 1 is 1.30 bits per heavy atom. The van der Waals surface area contributed by atoms with E-state index in [1.807, 2.05) is 0 Å². The highest BCUT2D eigenvalue weighted by Gasteiger charge is 2.40. The van der Waals surface area contributed by atoms with Crippen molar-refractivity contribution in [2.45, 2.75) is 55.6 Å². The van der Waals surface area contributed by atoms with Gasteiger partial charge in [0.05, 0.1) is 17.0 Å². The molecule has 0 amide bonds. The van der Waals surface area contributed by atoms with Gasteiger partial charge >= 0.3 is 0 Å². The van der Waals surface area contributed by atoms with Crippen LogP contribution in [0.4, 0.5) is 0 Å². The molecule has 2 heterocycles. The van der Waals surface area contributed by atoms with Crippen molar-refractivity contribution < 1.29 is 5.11 Å². The minimum atomic E-state index is -0.851. The summed E-state index contributed by atoms with van der Waals surface area (Å²) in [7, 11) is 0. The standard InChI is InChI=1S/C14H17N3O2S/c15-9-14(5-2-1-3-6-14)10-11(18)16-13-17(12(10)19)7-4-8-20-13/h18H,1-8H2. The van der Waals surface area contributed by atoms with E-state index in [0.717, 1.165) is 31.4 Å². The Hall–Kier alpha value is -1.48. The molecule has 1 aromatic rings. The molecule has 6 heteroatoms. The van der Waals surface area contributed by atoms with Gasteiger partial charge in [0.25, 0.3) is 5.56 Å². The summed E-state index contributed by atoms with van der Waals surface area (Å²) in [4.78, 5) is 16.9. The topological polar surface area (TPSA) is 78.9 Å². The van der Waals surface area contributed by atoms with Crippen molar-refractivity contribution >= 4 is 11.8 Å². The van der Waals surface area contributed by atoms with Gasteiger partial charge in [-0.25, -0.2) is 0 Å². The summed E-state index contributed by atoms with van der Waals surface area (Å²) in [5.74, 6) is 0.674. The van der Waals surface area contributed by atoms with Crippen LogP contribution >= 0.6 is 11.8 Å². The third-order valence-corrected chi connectivity index (χ3v) is 5.33. The number of aromatic nitrogens is 2. The zero-order valence-corrected chi connectivity index (χ0v) is 12.1. The summed E-state index contributed by atoms with van der Waals surface area (Å²) in [6.45, 7) is 0.628. The summed E-state index contributed by atoms with van der Waals surface area (Å²) in [5.41, 5.74) is -0.842. The zero-order valence-electron chi connectivity index (χ0n) is 11.3. The van der Waals surface area contributed by atoms with Crippen LogP contribution in [0.25, 0.3) is 0 Å². The SMILES string of the molecule is N#CC1(c2c(O)nc3n(c2=O)CCCS3)CCCCC1. The predicted molar refractivity (Wildman–Crippen MR) is 75.9 cm³/mol. The molecule has 0 radical (unpaired) electrons. The quantitative estimate of drug-likeness (QED) is 0.802. The van der Waals surface area contributed by atoms with Gasteiger partial charge in [-0.2, -0.15) is 10.2 Å². The highest BCUT2D eigenvalue weighted by atomic mass is 32.2.